The number of anilines is 2. The third kappa shape index (κ3) is 4.36. The summed E-state index contributed by atoms with van der Waals surface area (Å²) < 4.78 is 7.43. The first kappa shape index (κ1) is 22.4. The number of carbonyl (C=O) groups is 1. The molecule has 1 aliphatic heterocycles. The van der Waals surface area contributed by atoms with Crippen molar-refractivity contribution in [2.45, 2.75) is 20.8 Å². The summed E-state index contributed by atoms with van der Waals surface area (Å²) in [7, 11) is 0. The van der Waals surface area contributed by atoms with Gasteiger partial charge in [-0.25, -0.2) is 4.68 Å². The van der Waals surface area contributed by atoms with Gasteiger partial charge in [-0.3, -0.25) is 4.79 Å². The molecule has 0 aliphatic carbocycles. The molecule has 1 saturated heterocycles. The second kappa shape index (κ2) is 9.44. The molecule has 7 heteroatoms. The Labute approximate surface area is 203 Å². The lowest BCUT2D eigenvalue weighted by Gasteiger charge is -2.28. The van der Waals surface area contributed by atoms with Gasteiger partial charge in [0.1, 0.15) is 0 Å². The molecule has 34 heavy (non-hydrogen) atoms. The minimum atomic E-state index is -0.114. The highest BCUT2D eigenvalue weighted by atomic mass is 32.1. The number of hydrogen-bond donors (Lipinski definition) is 1. The van der Waals surface area contributed by atoms with Crippen LogP contribution in [0.4, 0.5) is 10.7 Å². The monoisotopic (exact) mass is 472 g/mol. The first-order valence-corrected chi connectivity index (χ1v) is 12.3. The molecule has 3 heterocycles. The van der Waals surface area contributed by atoms with E-state index in [0.717, 1.165) is 52.0 Å². The van der Waals surface area contributed by atoms with E-state index < -0.39 is 0 Å². The van der Waals surface area contributed by atoms with Crippen molar-refractivity contribution >= 4 is 27.9 Å². The van der Waals surface area contributed by atoms with Gasteiger partial charge in [0.05, 0.1) is 45.9 Å². The Morgan fingerprint density at radius 3 is 2.41 bits per heavy atom. The van der Waals surface area contributed by atoms with E-state index in [2.05, 4.69) is 46.5 Å². The average molecular weight is 473 g/mol. The van der Waals surface area contributed by atoms with Crippen LogP contribution in [0.25, 0.3) is 16.8 Å². The van der Waals surface area contributed by atoms with Gasteiger partial charge in [0.25, 0.3) is 5.91 Å². The van der Waals surface area contributed by atoms with Crippen molar-refractivity contribution in [3.63, 3.8) is 0 Å². The van der Waals surface area contributed by atoms with Crippen molar-refractivity contribution in [3.05, 3.63) is 82.5 Å². The van der Waals surface area contributed by atoms with Gasteiger partial charge in [-0.15, -0.1) is 11.3 Å². The van der Waals surface area contributed by atoms with Crippen molar-refractivity contribution in [1.29, 1.82) is 0 Å². The molecule has 2 aromatic heterocycles. The number of benzene rings is 2. The lowest BCUT2D eigenvalue weighted by Crippen LogP contribution is -2.35. The third-order valence-electron chi connectivity index (χ3n) is 6.13. The second-order valence-electron chi connectivity index (χ2n) is 8.54. The molecular weight excluding hydrogens is 444 g/mol. The fraction of sp³-hybridized carbons (Fsp3) is 0.259. The number of morpholine rings is 1. The number of carbonyl (C=O) groups excluding carboxylic acids is 1. The minimum absolute atomic E-state index is 0.114. The zero-order valence-corrected chi connectivity index (χ0v) is 20.5. The smallest absolute Gasteiger partial charge is 0.265 e. The number of ether oxygens (including phenoxy) is 1. The summed E-state index contributed by atoms with van der Waals surface area (Å²) in [6.45, 7) is 9.02. The highest BCUT2D eigenvalue weighted by Gasteiger charge is 2.23. The summed E-state index contributed by atoms with van der Waals surface area (Å²) in [4.78, 5) is 16.4. The summed E-state index contributed by atoms with van der Waals surface area (Å²) in [6.07, 6.45) is 0. The number of amides is 1. The van der Waals surface area contributed by atoms with Crippen LogP contribution in [0.5, 0.6) is 0 Å². The quantitative estimate of drug-likeness (QED) is 0.410. The van der Waals surface area contributed by atoms with Crippen LogP contribution in [0, 0.1) is 20.8 Å². The lowest BCUT2D eigenvalue weighted by molar-refractivity contribution is 0.103. The number of aryl methyl sites for hydroxylation is 2. The molecule has 2 aromatic carbocycles. The summed E-state index contributed by atoms with van der Waals surface area (Å²) in [5.74, 6) is -0.114. The van der Waals surface area contributed by atoms with Crippen LogP contribution in [0.1, 0.15) is 26.6 Å². The normalized spacial score (nSPS) is 13.8. The van der Waals surface area contributed by atoms with Crippen molar-refractivity contribution in [3.8, 4) is 16.8 Å². The first-order chi connectivity index (χ1) is 16.5. The van der Waals surface area contributed by atoms with Gasteiger partial charge < -0.3 is 15.0 Å². The average Bonchev–Trinajstić information content (AvgIpc) is 3.43. The Morgan fingerprint density at radius 1 is 1.00 bits per heavy atom. The Bertz CT molecular complexity index is 1300. The highest BCUT2D eigenvalue weighted by Crippen LogP contribution is 2.40. The first-order valence-electron chi connectivity index (χ1n) is 11.5. The van der Waals surface area contributed by atoms with Crippen molar-refractivity contribution < 1.29 is 9.53 Å². The minimum Gasteiger partial charge on any atom is -0.378 e. The van der Waals surface area contributed by atoms with Gasteiger partial charge in [0, 0.05) is 18.7 Å². The van der Waals surface area contributed by atoms with E-state index in [9.17, 15) is 4.79 Å². The number of thiophene rings is 1. The molecule has 174 valence electrons. The van der Waals surface area contributed by atoms with Crippen LogP contribution in [0.3, 0.4) is 0 Å². The van der Waals surface area contributed by atoms with Crippen LogP contribution < -0.4 is 10.2 Å². The maximum absolute atomic E-state index is 13.4. The molecular formula is C27H28N4O2S. The number of rotatable bonds is 5. The zero-order valence-electron chi connectivity index (χ0n) is 19.7. The molecule has 0 saturated carbocycles. The molecule has 1 amide bonds. The molecule has 5 rings (SSSR count). The van der Waals surface area contributed by atoms with Gasteiger partial charge >= 0.3 is 0 Å². The van der Waals surface area contributed by atoms with E-state index in [0.29, 0.717) is 18.1 Å². The molecule has 0 atom stereocenters. The Morgan fingerprint density at radius 2 is 1.71 bits per heavy atom. The van der Waals surface area contributed by atoms with Crippen LogP contribution in [0.15, 0.2) is 60.7 Å². The largest absolute Gasteiger partial charge is 0.378 e. The van der Waals surface area contributed by atoms with E-state index in [1.807, 2.05) is 54.9 Å². The standard InChI is InChI=1S/C27H28N4O2S/c1-18-9-11-22(12-10-18)31-20(3)25(19(2)29-31)28-26(32)24-17-23(21-7-5-4-6-8-21)27(34-24)30-13-15-33-16-14-30/h4-12,17H,13-16H2,1-3H3,(H,28,32). The number of hydrogen-bond acceptors (Lipinski definition) is 5. The van der Waals surface area contributed by atoms with Gasteiger partial charge in [-0.05, 0) is 44.5 Å². The number of nitrogens with one attached hydrogen (secondary N) is 1. The zero-order chi connectivity index (χ0) is 23.7. The molecule has 1 N–H and O–H groups in total. The SMILES string of the molecule is Cc1ccc(-n2nc(C)c(NC(=O)c3cc(-c4ccccc4)c(N4CCOCC4)s3)c2C)cc1. The lowest BCUT2D eigenvalue weighted by atomic mass is 10.1. The van der Waals surface area contributed by atoms with Gasteiger partial charge in [0.15, 0.2) is 0 Å². The number of aromatic nitrogens is 2. The van der Waals surface area contributed by atoms with Gasteiger partial charge in [-0.2, -0.15) is 5.10 Å². The topological polar surface area (TPSA) is 59.4 Å². The summed E-state index contributed by atoms with van der Waals surface area (Å²) in [6, 6.07) is 20.5. The Hall–Kier alpha value is -3.42. The Kier molecular flexibility index (Phi) is 6.22. The summed E-state index contributed by atoms with van der Waals surface area (Å²) in [5.41, 5.74) is 6.82. The highest BCUT2D eigenvalue weighted by molar-refractivity contribution is 7.18. The van der Waals surface area contributed by atoms with Crippen molar-refractivity contribution in [2.75, 3.05) is 36.5 Å². The molecule has 0 spiro atoms. The molecule has 1 aliphatic rings. The maximum atomic E-state index is 13.4. The van der Waals surface area contributed by atoms with E-state index in [1.165, 1.54) is 16.9 Å². The van der Waals surface area contributed by atoms with Crippen LogP contribution in [-0.4, -0.2) is 42.0 Å². The molecule has 6 nitrogen and oxygen atoms in total. The van der Waals surface area contributed by atoms with E-state index >= 15 is 0 Å². The summed E-state index contributed by atoms with van der Waals surface area (Å²) in [5, 5.41) is 8.93. The molecule has 0 unspecified atom stereocenters. The molecule has 0 radical (unpaired) electrons. The van der Waals surface area contributed by atoms with Crippen molar-refractivity contribution in [1.82, 2.24) is 9.78 Å². The van der Waals surface area contributed by atoms with Crippen LogP contribution in [-0.2, 0) is 4.74 Å². The van der Waals surface area contributed by atoms with Crippen LogP contribution in [0.2, 0.25) is 0 Å². The summed E-state index contributed by atoms with van der Waals surface area (Å²) >= 11 is 1.54. The molecule has 1 fully saturated rings. The molecule has 0 bridgehead atoms. The van der Waals surface area contributed by atoms with Gasteiger partial charge in [0.2, 0.25) is 0 Å². The fourth-order valence-electron chi connectivity index (χ4n) is 4.26. The van der Waals surface area contributed by atoms with Gasteiger partial charge in [-0.1, -0.05) is 48.0 Å². The van der Waals surface area contributed by atoms with Crippen molar-refractivity contribution in [2.24, 2.45) is 0 Å². The van der Waals surface area contributed by atoms with E-state index in [1.54, 1.807) is 0 Å². The van der Waals surface area contributed by atoms with Crippen LogP contribution >= 0.6 is 11.3 Å². The fourth-order valence-corrected chi connectivity index (χ4v) is 5.38. The maximum Gasteiger partial charge on any atom is 0.265 e. The Balaban J connectivity index is 1.46. The second-order valence-corrected chi connectivity index (χ2v) is 9.57. The third-order valence-corrected chi connectivity index (χ3v) is 7.32. The predicted molar refractivity (Wildman–Crippen MR) is 139 cm³/mol. The predicted octanol–water partition coefficient (Wildman–Crippen LogP) is 5.61. The van der Waals surface area contributed by atoms with E-state index in [4.69, 9.17) is 4.74 Å². The van der Waals surface area contributed by atoms with E-state index in [-0.39, 0.29) is 5.91 Å². The number of nitrogens with zero attached hydrogens (tertiary/aromatic N) is 3. The molecule has 4 aromatic rings.